The summed E-state index contributed by atoms with van der Waals surface area (Å²) in [5, 5.41) is 0. The molecule has 0 radical (unpaired) electrons. The molecule has 28 heavy (non-hydrogen) atoms. The molecule has 1 amide bonds. The first-order valence-corrected chi connectivity index (χ1v) is 9.89. The maximum atomic E-state index is 13.1. The molecule has 2 heterocycles. The molecule has 148 valence electrons. The molecule has 4 rings (SSSR count). The molecular weight excluding hydrogens is 394 g/mol. The highest BCUT2D eigenvalue weighted by Gasteiger charge is 2.43. The number of hydrogen-bond acceptors (Lipinski definition) is 5. The first-order chi connectivity index (χ1) is 13.1. The molecular formula is C18H16F2N2O5S. The van der Waals surface area contributed by atoms with Crippen molar-refractivity contribution in [2.45, 2.75) is 37.5 Å². The van der Waals surface area contributed by atoms with Gasteiger partial charge in [0.1, 0.15) is 0 Å². The Hall–Kier alpha value is -2.88. The molecule has 1 atom stereocenters. The minimum Gasteiger partial charge on any atom is -0.395 e. The third kappa shape index (κ3) is 3.13. The predicted molar refractivity (Wildman–Crippen MR) is 96.2 cm³/mol. The average Bonchev–Trinajstić information content (AvgIpc) is 3.07. The molecule has 0 fully saturated rings. The zero-order valence-electron chi connectivity index (χ0n) is 14.9. The monoisotopic (exact) mass is 410 g/mol. The molecule has 0 saturated heterocycles. The minimum atomic E-state index is -3.97. The molecule has 0 aliphatic carbocycles. The van der Waals surface area contributed by atoms with Gasteiger partial charge in [0.2, 0.25) is 5.91 Å². The van der Waals surface area contributed by atoms with Crippen LogP contribution in [0.5, 0.6) is 11.5 Å². The van der Waals surface area contributed by atoms with Crippen LogP contribution in [0.1, 0.15) is 19.4 Å². The van der Waals surface area contributed by atoms with E-state index in [-0.39, 0.29) is 34.0 Å². The summed E-state index contributed by atoms with van der Waals surface area (Å²) in [4.78, 5) is 13.4. The summed E-state index contributed by atoms with van der Waals surface area (Å²) in [5.41, 5.74) is 1.49. The second-order valence-corrected chi connectivity index (χ2v) is 8.35. The number of carbonyl (C=O) groups is 1. The molecule has 0 unspecified atom stereocenters. The summed E-state index contributed by atoms with van der Waals surface area (Å²) in [6.07, 6.45) is -3.24. The molecule has 0 saturated carbocycles. The van der Waals surface area contributed by atoms with Gasteiger partial charge in [0.05, 0.1) is 10.6 Å². The van der Waals surface area contributed by atoms with Crippen LogP contribution < -0.4 is 19.1 Å². The van der Waals surface area contributed by atoms with Crippen LogP contribution in [0, 0.1) is 0 Å². The fraction of sp³-hybridized carbons (Fsp3) is 0.278. The van der Waals surface area contributed by atoms with E-state index < -0.39 is 16.3 Å². The quantitative estimate of drug-likeness (QED) is 0.841. The van der Waals surface area contributed by atoms with Crippen molar-refractivity contribution in [2.24, 2.45) is 0 Å². The Balaban J connectivity index is 1.61. The van der Waals surface area contributed by atoms with Crippen LogP contribution >= 0.6 is 0 Å². The standard InChI is InChI=1S/C18H16F2N2O5S/c1-10-7-12-8-14(4-5-15(12)22(10)11(2)23)28(24,25)21-13-3-6-16-17(9-13)27-18(19,20)26-16/h3-6,8-10,21H,7H2,1-2H3/t10-/m1/s1. The maximum Gasteiger partial charge on any atom is 0.586 e. The highest BCUT2D eigenvalue weighted by Crippen LogP contribution is 2.42. The summed E-state index contributed by atoms with van der Waals surface area (Å²) in [7, 11) is -3.97. The predicted octanol–water partition coefficient (Wildman–Crippen LogP) is 3.11. The third-order valence-corrected chi connectivity index (χ3v) is 5.95. The van der Waals surface area contributed by atoms with Gasteiger partial charge in [0.25, 0.3) is 10.0 Å². The lowest BCUT2D eigenvalue weighted by atomic mass is 10.1. The molecule has 0 spiro atoms. The SMILES string of the molecule is CC(=O)N1c2ccc(S(=O)(=O)Nc3ccc4c(c3)OC(F)(F)O4)cc2C[C@H]1C. The van der Waals surface area contributed by atoms with Crippen molar-refractivity contribution in [3.8, 4) is 11.5 Å². The molecule has 2 aromatic rings. The normalized spacial score (nSPS) is 19.4. The van der Waals surface area contributed by atoms with E-state index >= 15 is 0 Å². The Bertz CT molecular complexity index is 1090. The number of carbonyl (C=O) groups excluding carboxylic acids is 1. The molecule has 2 aliphatic heterocycles. The largest absolute Gasteiger partial charge is 0.586 e. The zero-order valence-corrected chi connectivity index (χ0v) is 15.7. The van der Waals surface area contributed by atoms with Gasteiger partial charge in [-0.15, -0.1) is 8.78 Å². The van der Waals surface area contributed by atoms with Crippen LogP contribution in [0.15, 0.2) is 41.3 Å². The van der Waals surface area contributed by atoms with Gasteiger partial charge in [-0.1, -0.05) is 0 Å². The van der Waals surface area contributed by atoms with Gasteiger partial charge in [0, 0.05) is 24.7 Å². The number of ether oxygens (including phenoxy) is 2. The number of nitrogens with zero attached hydrogens (tertiary/aromatic N) is 1. The van der Waals surface area contributed by atoms with Gasteiger partial charge in [-0.2, -0.15) is 0 Å². The van der Waals surface area contributed by atoms with Crippen LogP contribution in [-0.2, 0) is 21.2 Å². The molecule has 7 nitrogen and oxygen atoms in total. The Morgan fingerprint density at radius 3 is 2.61 bits per heavy atom. The second kappa shape index (κ2) is 6.06. The van der Waals surface area contributed by atoms with Crippen molar-refractivity contribution in [2.75, 3.05) is 9.62 Å². The average molecular weight is 410 g/mol. The van der Waals surface area contributed by atoms with Crippen molar-refractivity contribution < 1.29 is 31.5 Å². The topological polar surface area (TPSA) is 84.9 Å². The number of nitrogens with one attached hydrogen (secondary N) is 1. The second-order valence-electron chi connectivity index (χ2n) is 6.67. The number of halogens is 2. The zero-order chi connectivity index (χ0) is 20.3. The van der Waals surface area contributed by atoms with Gasteiger partial charge >= 0.3 is 6.29 Å². The first-order valence-electron chi connectivity index (χ1n) is 8.41. The van der Waals surface area contributed by atoms with Gasteiger partial charge in [-0.05, 0) is 49.2 Å². The summed E-state index contributed by atoms with van der Waals surface area (Å²) >= 11 is 0. The number of alkyl halides is 2. The molecule has 0 aromatic heterocycles. The van der Waals surface area contributed by atoms with Gasteiger partial charge < -0.3 is 14.4 Å². The number of rotatable bonds is 3. The summed E-state index contributed by atoms with van der Waals surface area (Å²) in [5.74, 6) is -0.550. The fourth-order valence-electron chi connectivity index (χ4n) is 3.48. The Morgan fingerprint density at radius 1 is 1.18 bits per heavy atom. The van der Waals surface area contributed by atoms with E-state index in [1.54, 1.807) is 11.0 Å². The number of sulfonamides is 1. The lowest BCUT2D eigenvalue weighted by molar-refractivity contribution is -0.286. The minimum absolute atomic E-state index is 0.00634. The van der Waals surface area contributed by atoms with Crippen molar-refractivity contribution >= 4 is 27.3 Å². The lowest BCUT2D eigenvalue weighted by Gasteiger charge is -2.20. The molecule has 2 aromatic carbocycles. The lowest BCUT2D eigenvalue weighted by Crippen LogP contribution is -2.33. The summed E-state index contributed by atoms with van der Waals surface area (Å²) < 4.78 is 62.6. The van der Waals surface area contributed by atoms with Crippen LogP contribution in [0.25, 0.3) is 0 Å². The highest BCUT2D eigenvalue weighted by atomic mass is 32.2. The van der Waals surface area contributed by atoms with Crippen LogP contribution in [0.2, 0.25) is 0 Å². The smallest absolute Gasteiger partial charge is 0.395 e. The van der Waals surface area contributed by atoms with Crippen LogP contribution in [-0.4, -0.2) is 26.7 Å². The van der Waals surface area contributed by atoms with Crippen molar-refractivity contribution in [1.82, 2.24) is 0 Å². The molecule has 2 aliphatic rings. The Labute approximate surface area is 159 Å². The summed E-state index contributed by atoms with van der Waals surface area (Å²) in [6.45, 7) is 3.34. The van der Waals surface area contributed by atoms with Crippen LogP contribution in [0.3, 0.4) is 0 Å². The molecule has 1 N–H and O–H groups in total. The highest BCUT2D eigenvalue weighted by molar-refractivity contribution is 7.92. The van der Waals surface area contributed by atoms with Crippen molar-refractivity contribution in [3.63, 3.8) is 0 Å². The fourth-order valence-corrected chi connectivity index (χ4v) is 4.58. The number of fused-ring (bicyclic) bond motifs is 2. The first kappa shape index (κ1) is 18.5. The number of benzene rings is 2. The van der Waals surface area contributed by atoms with Crippen molar-refractivity contribution in [1.29, 1.82) is 0 Å². The van der Waals surface area contributed by atoms with E-state index in [9.17, 15) is 22.0 Å². The van der Waals surface area contributed by atoms with E-state index in [1.165, 1.54) is 31.2 Å². The molecule has 0 bridgehead atoms. The molecule has 10 heteroatoms. The van der Waals surface area contributed by atoms with Crippen LogP contribution in [0.4, 0.5) is 20.2 Å². The van der Waals surface area contributed by atoms with E-state index in [2.05, 4.69) is 14.2 Å². The van der Waals surface area contributed by atoms with E-state index in [1.807, 2.05) is 6.92 Å². The maximum absolute atomic E-state index is 13.1. The number of amides is 1. The van der Waals surface area contributed by atoms with Crippen molar-refractivity contribution in [3.05, 3.63) is 42.0 Å². The third-order valence-electron chi connectivity index (χ3n) is 4.57. The van der Waals surface area contributed by atoms with Gasteiger partial charge in [-0.25, -0.2) is 8.42 Å². The Morgan fingerprint density at radius 2 is 1.89 bits per heavy atom. The van der Waals surface area contributed by atoms with E-state index in [0.717, 1.165) is 11.6 Å². The summed E-state index contributed by atoms with van der Waals surface area (Å²) in [6, 6.07) is 8.07. The van der Waals surface area contributed by atoms with Gasteiger partial charge in [0.15, 0.2) is 11.5 Å². The Kier molecular flexibility index (Phi) is 4.00. The van der Waals surface area contributed by atoms with E-state index in [0.29, 0.717) is 12.1 Å². The number of hydrogen-bond donors (Lipinski definition) is 1. The van der Waals surface area contributed by atoms with Gasteiger partial charge in [-0.3, -0.25) is 9.52 Å². The van der Waals surface area contributed by atoms with E-state index in [4.69, 9.17) is 0 Å². The number of anilines is 2.